The molecule has 2 saturated carbocycles. The lowest BCUT2D eigenvalue weighted by atomic mass is 10.2. The Morgan fingerprint density at radius 3 is 2.71 bits per heavy atom. The summed E-state index contributed by atoms with van der Waals surface area (Å²) in [5, 5.41) is 14.4. The van der Waals surface area contributed by atoms with E-state index in [2.05, 4.69) is 19.9 Å². The van der Waals surface area contributed by atoms with Crippen LogP contribution in [0.4, 0.5) is 0 Å². The first kappa shape index (κ1) is 13.3. The van der Waals surface area contributed by atoms with Crippen molar-refractivity contribution < 1.29 is 0 Å². The third-order valence-corrected chi connectivity index (χ3v) is 5.34. The van der Waals surface area contributed by atoms with Crippen molar-refractivity contribution in [3.05, 3.63) is 23.8 Å². The molecule has 2 fully saturated rings. The third-order valence-electron chi connectivity index (χ3n) is 4.10. The number of nitrogens with two attached hydrogens (primary N) is 1. The van der Waals surface area contributed by atoms with Gasteiger partial charge in [0, 0.05) is 37.3 Å². The van der Waals surface area contributed by atoms with E-state index in [4.69, 9.17) is 5.73 Å². The van der Waals surface area contributed by atoms with Crippen molar-refractivity contribution in [1.82, 2.24) is 24.5 Å². The average molecular weight is 304 g/mol. The van der Waals surface area contributed by atoms with Crippen molar-refractivity contribution in [1.29, 1.82) is 0 Å². The van der Waals surface area contributed by atoms with Crippen molar-refractivity contribution in [2.24, 2.45) is 12.8 Å². The van der Waals surface area contributed by atoms with Gasteiger partial charge in [0.05, 0.1) is 11.4 Å². The van der Waals surface area contributed by atoms with Crippen molar-refractivity contribution in [3.8, 4) is 0 Å². The third kappa shape index (κ3) is 2.60. The lowest BCUT2D eigenvalue weighted by Crippen LogP contribution is -2.10. The molecule has 2 aromatic heterocycles. The van der Waals surface area contributed by atoms with Crippen LogP contribution in [0, 0.1) is 0 Å². The smallest absolute Gasteiger partial charge is 0.192 e. The monoisotopic (exact) mass is 304 g/mol. The van der Waals surface area contributed by atoms with Crippen LogP contribution in [-0.4, -0.2) is 31.1 Å². The first-order chi connectivity index (χ1) is 10.3. The van der Waals surface area contributed by atoms with Gasteiger partial charge in [-0.15, -0.1) is 10.2 Å². The van der Waals surface area contributed by atoms with Crippen molar-refractivity contribution in [3.63, 3.8) is 0 Å². The predicted octanol–water partition coefficient (Wildman–Crippen LogP) is 2.02. The maximum Gasteiger partial charge on any atom is 0.192 e. The predicted molar refractivity (Wildman–Crippen MR) is 81.1 cm³/mol. The molecular weight excluding hydrogens is 284 g/mol. The molecule has 0 spiro atoms. The van der Waals surface area contributed by atoms with E-state index in [-0.39, 0.29) is 5.25 Å². The van der Waals surface area contributed by atoms with Gasteiger partial charge in [0.1, 0.15) is 5.82 Å². The summed E-state index contributed by atoms with van der Waals surface area (Å²) in [4.78, 5) is 0. The Bertz CT molecular complexity index is 640. The van der Waals surface area contributed by atoms with Gasteiger partial charge in [-0.25, -0.2) is 0 Å². The Hall–Kier alpha value is -1.34. The topological polar surface area (TPSA) is 74.6 Å². The van der Waals surface area contributed by atoms with Crippen LogP contribution in [0.3, 0.4) is 0 Å². The summed E-state index contributed by atoms with van der Waals surface area (Å²) in [6.07, 6.45) is 8.96. The van der Waals surface area contributed by atoms with Gasteiger partial charge >= 0.3 is 0 Å². The van der Waals surface area contributed by atoms with Gasteiger partial charge in [0.2, 0.25) is 0 Å². The number of aromatic nitrogens is 5. The number of nitrogens with zero attached hydrogens (tertiary/aromatic N) is 5. The van der Waals surface area contributed by atoms with Crippen molar-refractivity contribution >= 4 is 11.8 Å². The lowest BCUT2D eigenvalue weighted by Gasteiger charge is -2.13. The van der Waals surface area contributed by atoms with E-state index in [0.29, 0.717) is 18.5 Å². The van der Waals surface area contributed by atoms with Gasteiger partial charge in [0.15, 0.2) is 5.16 Å². The van der Waals surface area contributed by atoms with Crippen LogP contribution in [-0.2, 0) is 7.05 Å². The average Bonchev–Trinajstić information content (AvgIpc) is 3.41. The minimum Gasteiger partial charge on any atom is -0.329 e. The maximum absolute atomic E-state index is 5.97. The fraction of sp³-hybridized carbons (Fsp3) is 0.643. The molecule has 2 aliphatic rings. The van der Waals surface area contributed by atoms with E-state index in [1.807, 2.05) is 24.1 Å². The van der Waals surface area contributed by atoms with Crippen LogP contribution in [0.1, 0.15) is 54.3 Å². The van der Waals surface area contributed by atoms with E-state index >= 15 is 0 Å². The molecule has 0 saturated heterocycles. The Balaban J connectivity index is 1.60. The second-order valence-corrected chi connectivity index (χ2v) is 7.18. The molecule has 2 aliphatic carbocycles. The summed E-state index contributed by atoms with van der Waals surface area (Å²) in [5.41, 5.74) is 7.12. The lowest BCUT2D eigenvalue weighted by molar-refractivity contribution is 0.625. The van der Waals surface area contributed by atoms with Crippen LogP contribution >= 0.6 is 11.8 Å². The molecule has 0 aliphatic heterocycles. The van der Waals surface area contributed by atoms with Crippen LogP contribution < -0.4 is 5.73 Å². The van der Waals surface area contributed by atoms with Crippen molar-refractivity contribution in [2.75, 3.05) is 6.54 Å². The highest BCUT2D eigenvalue weighted by molar-refractivity contribution is 7.99. The molecule has 0 amide bonds. The minimum absolute atomic E-state index is 0.187. The van der Waals surface area contributed by atoms with Crippen LogP contribution in [0.25, 0.3) is 0 Å². The van der Waals surface area contributed by atoms with Gasteiger partial charge in [-0.3, -0.25) is 4.68 Å². The fourth-order valence-electron chi connectivity index (χ4n) is 2.65. The summed E-state index contributed by atoms with van der Waals surface area (Å²) < 4.78 is 4.20. The molecule has 1 unspecified atom stereocenters. The number of hydrogen-bond donors (Lipinski definition) is 1. The first-order valence-corrected chi connectivity index (χ1v) is 8.44. The number of aryl methyl sites for hydroxylation is 1. The zero-order valence-corrected chi connectivity index (χ0v) is 13.0. The molecule has 2 N–H and O–H groups in total. The largest absolute Gasteiger partial charge is 0.329 e. The Morgan fingerprint density at radius 2 is 2.14 bits per heavy atom. The van der Waals surface area contributed by atoms with Crippen LogP contribution in [0.15, 0.2) is 17.6 Å². The molecule has 4 rings (SSSR count). The molecule has 21 heavy (non-hydrogen) atoms. The Labute approximate surface area is 128 Å². The normalized spacial score (nSPS) is 19.9. The Morgan fingerprint density at radius 1 is 1.33 bits per heavy atom. The van der Waals surface area contributed by atoms with Gasteiger partial charge in [-0.1, -0.05) is 11.8 Å². The van der Waals surface area contributed by atoms with Crippen LogP contribution in [0.5, 0.6) is 0 Å². The van der Waals surface area contributed by atoms with Gasteiger partial charge in [-0.05, 0) is 25.7 Å². The standard InChI is InChI=1S/C14H20N6S/c1-19-8-10(7-16-19)12(6-15)21-14-18-17-13(9-2-3-9)20(14)11-4-5-11/h7-9,11-12H,2-6,15H2,1H3. The zero-order valence-electron chi connectivity index (χ0n) is 12.1. The summed E-state index contributed by atoms with van der Waals surface area (Å²) >= 11 is 1.73. The van der Waals surface area contributed by atoms with E-state index < -0.39 is 0 Å². The fourth-order valence-corrected chi connectivity index (χ4v) is 3.70. The van der Waals surface area contributed by atoms with Gasteiger partial charge in [0.25, 0.3) is 0 Å². The molecule has 7 heteroatoms. The zero-order chi connectivity index (χ0) is 14.4. The SMILES string of the molecule is Cn1cc(C(CN)Sc2nnc(C3CC3)n2C2CC2)cn1. The molecule has 0 bridgehead atoms. The molecule has 2 aromatic rings. The summed E-state index contributed by atoms with van der Waals surface area (Å²) in [5.74, 6) is 1.84. The highest BCUT2D eigenvalue weighted by Crippen LogP contribution is 2.47. The van der Waals surface area contributed by atoms with E-state index in [1.165, 1.54) is 31.5 Å². The first-order valence-electron chi connectivity index (χ1n) is 7.56. The van der Waals surface area contributed by atoms with Gasteiger partial charge in [-0.2, -0.15) is 5.10 Å². The number of thioether (sulfide) groups is 1. The summed E-state index contributed by atoms with van der Waals surface area (Å²) in [7, 11) is 1.93. The Kier molecular flexibility index (Phi) is 3.26. The quantitative estimate of drug-likeness (QED) is 0.826. The van der Waals surface area contributed by atoms with E-state index in [0.717, 1.165) is 10.7 Å². The van der Waals surface area contributed by atoms with E-state index in [9.17, 15) is 0 Å². The molecule has 6 nitrogen and oxygen atoms in total. The summed E-state index contributed by atoms with van der Waals surface area (Å²) in [6, 6.07) is 0.616. The van der Waals surface area contributed by atoms with Crippen molar-refractivity contribution in [2.45, 2.75) is 48.0 Å². The second kappa shape index (κ2) is 5.14. The van der Waals surface area contributed by atoms with E-state index in [1.54, 1.807) is 11.8 Å². The number of rotatable bonds is 6. The highest BCUT2D eigenvalue weighted by Gasteiger charge is 2.36. The highest BCUT2D eigenvalue weighted by atomic mass is 32.2. The second-order valence-electron chi connectivity index (χ2n) is 6.01. The number of hydrogen-bond acceptors (Lipinski definition) is 5. The molecule has 2 heterocycles. The molecule has 112 valence electrons. The minimum atomic E-state index is 0.187. The maximum atomic E-state index is 5.97. The molecular formula is C14H20N6S. The van der Waals surface area contributed by atoms with Gasteiger partial charge < -0.3 is 10.3 Å². The molecule has 0 aromatic carbocycles. The summed E-state index contributed by atoms with van der Waals surface area (Å²) in [6.45, 7) is 0.576. The van der Waals surface area contributed by atoms with Crippen LogP contribution in [0.2, 0.25) is 0 Å². The molecule has 0 radical (unpaired) electrons. The molecule has 1 atom stereocenters.